The third-order valence-electron chi connectivity index (χ3n) is 2.04. The highest BCUT2D eigenvalue weighted by Gasteiger charge is 2.15. The van der Waals surface area contributed by atoms with Crippen LogP contribution in [0.2, 0.25) is 5.02 Å². The van der Waals surface area contributed by atoms with Gasteiger partial charge in [-0.3, -0.25) is 4.79 Å². The molecule has 94 valence electrons. The minimum absolute atomic E-state index is 0.184. The van der Waals surface area contributed by atoms with E-state index in [4.69, 9.17) is 11.6 Å². The number of halogens is 4. The SMILES string of the molecule is O=C(Nc1c(F)cc(F)cc1Cl)c1ccc(Br)s1. The molecule has 2 aromatic rings. The van der Waals surface area contributed by atoms with Gasteiger partial charge in [-0.25, -0.2) is 8.78 Å². The first-order valence-corrected chi connectivity index (χ1v) is 6.67. The van der Waals surface area contributed by atoms with Crippen LogP contribution < -0.4 is 5.32 Å². The van der Waals surface area contributed by atoms with Crippen molar-refractivity contribution in [3.8, 4) is 0 Å². The molecule has 0 radical (unpaired) electrons. The minimum atomic E-state index is -0.913. The number of carbonyl (C=O) groups is 1. The summed E-state index contributed by atoms with van der Waals surface area (Å²) < 4.78 is 27.1. The molecular formula is C11H5BrClF2NOS. The molecule has 0 atom stereocenters. The number of anilines is 1. The van der Waals surface area contributed by atoms with Gasteiger partial charge >= 0.3 is 0 Å². The molecular weight excluding hydrogens is 348 g/mol. The Balaban J connectivity index is 2.27. The first kappa shape index (κ1) is 13.5. The molecule has 0 spiro atoms. The van der Waals surface area contributed by atoms with Crippen LogP contribution in [0, 0.1) is 11.6 Å². The summed E-state index contributed by atoms with van der Waals surface area (Å²) in [5.41, 5.74) is -0.229. The van der Waals surface area contributed by atoms with Gasteiger partial charge in [0.05, 0.1) is 19.4 Å². The molecule has 0 aliphatic heterocycles. The van der Waals surface area contributed by atoms with E-state index in [1.54, 1.807) is 12.1 Å². The predicted octanol–water partition coefficient (Wildman–Crippen LogP) is 4.69. The summed E-state index contributed by atoms with van der Waals surface area (Å²) in [5.74, 6) is -2.21. The number of carbonyl (C=O) groups excluding carboxylic acids is 1. The summed E-state index contributed by atoms with van der Waals surface area (Å²) in [6.45, 7) is 0. The lowest BCUT2D eigenvalue weighted by molar-refractivity contribution is 0.103. The van der Waals surface area contributed by atoms with Gasteiger partial charge in [0.1, 0.15) is 5.82 Å². The van der Waals surface area contributed by atoms with E-state index in [1.807, 2.05) is 0 Å². The van der Waals surface area contributed by atoms with Crippen LogP contribution in [-0.4, -0.2) is 5.91 Å². The van der Waals surface area contributed by atoms with E-state index in [0.29, 0.717) is 10.9 Å². The summed E-state index contributed by atoms with van der Waals surface area (Å²) >= 11 is 10.1. The monoisotopic (exact) mass is 351 g/mol. The van der Waals surface area contributed by atoms with Crippen molar-refractivity contribution in [3.05, 3.63) is 49.6 Å². The molecule has 1 aromatic heterocycles. The maximum atomic E-state index is 13.4. The maximum Gasteiger partial charge on any atom is 0.265 e. The zero-order valence-corrected chi connectivity index (χ0v) is 11.8. The van der Waals surface area contributed by atoms with Crippen molar-refractivity contribution >= 4 is 50.5 Å². The highest BCUT2D eigenvalue weighted by molar-refractivity contribution is 9.11. The van der Waals surface area contributed by atoms with E-state index in [2.05, 4.69) is 21.2 Å². The van der Waals surface area contributed by atoms with E-state index in [1.165, 1.54) is 11.3 Å². The molecule has 0 saturated carbocycles. The molecule has 2 nitrogen and oxygen atoms in total. The van der Waals surface area contributed by atoms with Crippen LogP contribution in [0.1, 0.15) is 9.67 Å². The average Bonchev–Trinajstić information content (AvgIpc) is 2.70. The van der Waals surface area contributed by atoms with E-state index in [9.17, 15) is 13.6 Å². The molecule has 0 aliphatic rings. The topological polar surface area (TPSA) is 29.1 Å². The smallest absolute Gasteiger partial charge is 0.265 e. The number of hydrogen-bond donors (Lipinski definition) is 1. The van der Waals surface area contributed by atoms with Crippen LogP contribution in [0.5, 0.6) is 0 Å². The van der Waals surface area contributed by atoms with Gasteiger partial charge in [0.2, 0.25) is 0 Å². The Kier molecular flexibility index (Phi) is 3.99. The zero-order valence-electron chi connectivity index (χ0n) is 8.64. The van der Waals surface area contributed by atoms with Crippen molar-refractivity contribution in [2.75, 3.05) is 5.32 Å². The second kappa shape index (κ2) is 5.34. The first-order valence-electron chi connectivity index (χ1n) is 4.68. The van der Waals surface area contributed by atoms with Gasteiger partial charge in [0, 0.05) is 6.07 Å². The number of thiophene rings is 1. The van der Waals surface area contributed by atoms with Crippen LogP contribution in [0.3, 0.4) is 0 Å². The third kappa shape index (κ3) is 2.88. The molecule has 18 heavy (non-hydrogen) atoms. The fraction of sp³-hybridized carbons (Fsp3) is 0. The fourth-order valence-electron chi connectivity index (χ4n) is 1.27. The predicted molar refractivity (Wildman–Crippen MR) is 71.3 cm³/mol. The van der Waals surface area contributed by atoms with Crippen molar-refractivity contribution in [1.82, 2.24) is 0 Å². The summed E-state index contributed by atoms with van der Waals surface area (Å²) in [5, 5.41) is 2.13. The van der Waals surface area contributed by atoms with Crippen LogP contribution in [0.15, 0.2) is 28.1 Å². The van der Waals surface area contributed by atoms with Crippen LogP contribution in [0.4, 0.5) is 14.5 Å². The third-order valence-corrected chi connectivity index (χ3v) is 3.96. The van der Waals surface area contributed by atoms with Gasteiger partial charge in [0.15, 0.2) is 5.82 Å². The Hall–Kier alpha value is -0.980. The Morgan fingerprint density at radius 2 is 2.06 bits per heavy atom. The molecule has 1 amide bonds. The highest BCUT2D eigenvalue weighted by atomic mass is 79.9. The molecule has 1 heterocycles. The molecule has 7 heteroatoms. The van der Waals surface area contributed by atoms with Crippen molar-refractivity contribution in [2.24, 2.45) is 0 Å². The van der Waals surface area contributed by atoms with Crippen molar-refractivity contribution in [1.29, 1.82) is 0 Å². The molecule has 0 aliphatic carbocycles. The normalized spacial score (nSPS) is 10.4. The lowest BCUT2D eigenvalue weighted by Crippen LogP contribution is -2.12. The minimum Gasteiger partial charge on any atom is -0.318 e. The Morgan fingerprint density at radius 3 is 2.61 bits per heavy atom. The van der Waals surface area contributed by atoms with Gasteiger partial charge < -0.3 is 5.32 Å². The van der Waals surface area contributed by atoms with E-state index in [-0.39, 0.29) is 10.7 Å². The number of amides is 1. The highest BCUT2D eigenvalue weighted by Crippen LogP contribution is 2.28. The van der Waals surface area contributed by atoms with Crippen molar-refractivity contribution in [3.63, 3.8) is 0 Å². The van der Waals surface area contributed by atoms with Crippen molar-refractivity contribution in [2.45, 2.75) is 0 Å². The fourth-order valence-corrected chi connectivity index (χ4v) is 2.80. The summed E-state index contributed by atoms with van der Waals surface area (Å²) in [6.07, 6.45) is 0. The second-order valence-electron chi connectivity index (χ2n) is 3.30. The molecule has 2 rings (SSSR count). The van der Waals surface area contributed by atoms with E-state index >= 15 is 0 Å². The van der Waals surface area contributed by atoms with Crippen LogP contribution in [0.25, 0.3) is 0 Å². The molecule has 0 fully saturated rings. The van der Waals surface area contributed by atoms with Crippen LogP contribution >= 0.6 is 38.9 Å². The first-order chi connectivity index (χ1) is 8.47. The number of hydrogen-bond acceptors (Lipinski definition) is 2. The number of benzene rings is 1. The summed E-state index contributed by atoms with van der Waals surface area (Å²) in [4.78, 5) is 12.2. The molecule has 0 saturated heterocycles. The van der Waals surface area contributed by atoms with Gasteiger partial charge in [-0.2, -0.15) is 0 Å². The standard InChI is InChI=1S/C11H5BrClF2NOS/c12-9-2-1-8(18-9)11(17)16-10-6(13)3-5(14)4-7(10)15/h1-4H,(H,16,17). The molecule has 0 bridgehead atoms. The number of nitrogens with one attached hydrogen (secondary N) is 1. The van der Waals surface area contributed by atoms with Gasteiger partial charge in [-0.1, -0.05) is 11.6 Å². The lowest BCUT2D eigenvalue weighted by Gasteiger charge is -2.07. The molecule has 0 unspecified atom stereocenters. The Bertz CT molecular complexity index is 594. The largest absolute Gasteiger partial charge is 0.318 e. The Morgan fingerprint density at radius 1 is 1.33 bits per heavy atom. The second-order valence-corrected chi connectivity index (χ2v) is 6.17. The maximum absolute atomic E-state index is 13.4. The Labute approximate surface area is 119 Å². The van der Waals surface area contributed by atoms with E-state index < -0.39 is 17.5 Å². The lowest BCUT2D eigenvalue weighted by atomic mass is 10.3. The molecule has 1 N–H and O–H groups in total. The summed E-state index contributed by atoms with van der Waals surface area (Å²) in [7, 11) is 0. The quantitative estimate of drug-likeness (QED) is 0.834. The van der Waals surface area contributed by atoms with Gasteiger partial charge in [-0.05, 0) is 34.1 Å². The van der Waals surface area contributed by atoms with Crippen LogP contribution in [-0.2, 0) is 0 Å². The van der Waals surface area contributed by atoms with Crippen molar-refractivity contribution < 1.29 is 13.6 Å². The van der Waals surface area contributed by atoms with E-state index in [0.717, 1.165) is 9.85 Å². The summed E-state index contributed by atoms with van der Waals surface area (Å²) in [6, 6.07) is 4.87. The van der Waals surface area contributed by atoms with Gasteiger partial charge in [-0.15, -0.1) is 11.3 Å². The zero-order chi connectivity index (χ0) is 13.3. The van der Waals surface area contributed by atoms with Gasteiger partial charge in [0.25, 0.3) is 5.91 Å². The number of rotatable bonds is 2. The molecule has 1 aromatic carbocycles. The average molecular weight is 353 g/mol.